The third kappa shape index (κ3) is 2.68. The number of nitrogens with zero attached hydrogens (tertiary/aromatic N) is 1. The third-order valence-corrected chi connectivity index (χ3v) is 3.72. The van der Waals surface area contributed by atoms with Crippen LogP contribution in [0, 0.1) is 0 Å². The van der Waals surface area contributed by atoms with Crippen molar-refractivity contribution in [2.45, 2.75) is 13.0 Å². The minimum atomic E-state index is -0.101. The molecule has 1 aliphatic heterocycles. The zero-order valence-corrected chi connectivity index (χ0v) is 12.6. The molecule has 1 heterocycles. The molecular weight excluding hydrogens is 276 g/mol. The monoisotopic (exact) mass is 294 g/mol. The summed E-state index contributed by atoms with van der Waals surface area (Å²) < 4.78 is 5.18. The molecule has 112 valence electrons. The second kappa shape index (κ2) is 5.93. The fraction of sp³-hybridized carbons (Fsp3) is 0.167. The van der Waals surface area contributed by atoms with Gasteiger partial charge >= 0.3 is 0 Å². The van der Waals surface area contributed by atoms with Crippen LogP contribution in [0.2, 0.25) is 0 Å². The van der Waals surface area contributed by atoms with Gasteiger partial charge in [0.25, 0.3) is 0 Å². The topological polar surface area (TPSA) is 41.6 Å². The zero-order chi connectivity index (χ0) is 15.5. The number of nitrogens with one attached hydrogen (secondary N) is 1. The lowest BCUT2D eigenvalue weighted by molar-refractivity contribution is -0.132. The Morgan fingerprint density at radius 1 is 1.09 bits per heavy atom. The first kappa shape index (κ1) is 14.2. The van der Waals surface area contributed by atoms with Crippen molar-refractivity contribution in [3.63, 3.8) is 0 Å². The molecule has 4 nitrogen and oxygen atoms in total. The average molecular weight is 294 g/mol. The van der Waals surface area contributed by atoms with E-state index in [0.29, 0.717) is 0 Å². The molecular formula is C18H18N2O2. The molecule has 3 rings (SSSR count). The molecule has 1 amide bonds. The molecule has 0 aliphatic carbocycles. The van der Waals surface area contributed by atoms with Gasteiger partial charge in [-0.1, -0.05) is 30.3 Å². The fourth-order valence-electron chi connectivity index (χ4n) is 2.57. The van der Waals surface area contributed by atoms with Crippen molar-refractivity contribution in [3.05, 3.63) is 71.8 Å². The van der Waals surface area contributed by atoms with Crippen LogP contribution in [0.4, 0.5) is 0 Å². The average Bonchev–Trinajstić information content (AvgIpc) is 3.01. The van der Waals surface area contributed by atoms with Gasteiger partial charge in [0.15, 0.2) is 0 Å². The molecule has 0 radical (unpaired) electrons. The summed E-state index contributed by atoms with van der Waals surface area (Å²) in [5.41, 5.74) is 6.22. The number of rotatable bonds is 3. The largest absolute Gasteiger partial charge is 0.497 e. The second-order valence-electron chi connectivity index (χ2n) is 5.17. The van der Waals surface area contributed by atoms with E-state index in [1.807, 2.05) is 54.6 Å². The molecule has 0 aromatic heterocycles. The predicted molar refractivity (Wildman–Crippen MR) is 85.8 cm³/mol. The lowest BCUT2D eigenvalue weighted by Crippen LogP contribution is -2.37. The molecule has 1 N–H and O–H groups in total. The van der Waals surface area contributed by atoms with Crippen LogP contribution < -0.4 is 10.2 Å². The van der Waals surface area contributed by atoms with Crippen LogP contribution >= 0.6 is 0 Å². The first-order chi connectivity index (χ1) is 10.7. The van der Waals surface area contributed by atoms with Crippen LogP contribution in [-0.2, 0) is 4.79 Å². The van der Waals surface area contributed by atoms with Crippen LogP contribution in [0.3, 0.4) is 0 Å². The SMILES string of the molecule is COc1ccc(C2=CC(c3ccccc3)N(C(C)=O)N2)cc1. The summed E-state index contributed by atoms with van der Waals surface area (Å²) in [7, 11) is 1.64. The summed E-state index contributed by atoms with van der Waals surface area (Å²) in [6.07, 6.45) is 2.07. The Kier molecular flexibility index (Phi) is 3.83. The van der Waals surface area contributed by atoms with Crippen LogP contribution in [0.1, 0.15) is 24.1 Å². The number of carbonyl (C=O) groups excluding carboxylic acids is 1. The Morgan fingerprint density at radius 3 is 2.36 bits per heavy atom. The Bertz CT molecular complexity index is 693. The van der Waals surface area contributed by atoms with E-state index < -0.39 is 0 Å². The summed E-state index contributed by atoms with van der Waals surface area (Å²) in [6, 6.07) is 17.6. The highest BCUT2D eigenvalue weighted by molar-refractivity contribution is 5.79. The highest BCUT2D eigenvalue weighted by Gasteiger charge is 2.28. The highest BCUT2D eigenvalue weighted by Crippen LogP contribution is 2.31. The van der Waals surface area contributed by atoms with E-state index in [1.165, 1.54) is 0 Å². The van der Waals surface area contributed by atoms with Gasteiger partial charge in [0.1, 0.15) is 5.75 Å². The number of hydrogen-bond donors (Lipinski definition) is 1. The molecule has 4 heteroatoms. The lowest BCUT2D eigenvalue weighted by Gasteiger charge is -2.24. The molecule has 0 bridgehead atoms. The zero-order valence-electron chi connectivity index (χ0n) is 12.6. The van der Waals surface area contributed by atoms with Crippen LogP contribution in [0.15, 0.2) is 60.7 Å². The van der Waals surface area contributed by atoms with Gasteiger partial charge in [0.2, 0.25) is 5.91 Å². The number of hydrogen-bond acceptors (Lipinski definition) is 3. The number of ether oxygens (including phenoxy) is 1. The number of benzene rings is 2. The van der Waals surface area contributed by atoms with E-state index in [9.17, 15) is 4.79 Å². The van der Waals surface area contributed by atoms with Gasteiger partial charge in [-0.05, 0) is 41.5 Å². The standard InChI is InChI=1S/C18H18N2O2/c1-13(21)20-18(15-6-4-3-5-7-15)12-17(19-20)14-8-10-16(22-2)11-9-14/h3-12,18-19H,1-2H3. The molecule has 0 spiro atoms. The first-order valence-corrected chi connectivity index (χ1v) is 7.16. The molecule has 0 saturated carbocycles. The van der Waals surface area contributed by atoms with Gasteiger partial charge in [0.05, 0.1) is 18.8 Å². The van der Waals surface area contributed by atoms with E-state index in [0.717, 1.165) is 22.6 Å². The smallest absolute Gasteiger partial charge is 0.238 e. The van der Waals surface area contributed by atoms with Crippen molar-refractivity contribution >= 4 is 11.6 Å². The van der Waals surface area contributed by atoms with E-state index in [1.54, 1.807) is 19.0 Å². The molecule has 22 heavy (non-hydrogen) atoms. The molecule has 0 fully saturated rings. The van der Waals surface area contributed by atoms with Crippen molar-refractivity contribution in [2.75, 3.05) is 7.11 Å². The minimum Gasteiger partial charge on any atom is -0.497 e. The lowest BCUT2D eigenvalue weighted by atomic mass is 10.0. The van der Waals surface area contributed by atoms with Gasteiger partial charge in [-0.2, -0.15) is 0 Å². The first-order valence-electron chi connectivity index (χ1n) is 7.16. The van der Waals surface area contributed by atoms with E-state index in [-0.39, 0.29) is 11.9 Å². The van der Waals surface area contributed by atoms with Crippen molar-refractivity contribution in [3.8, 4) is 5.75 Å². The summed E-state index contributed by atoms with van der Waals surface area (Å²) in [5.74, 6) is 0.791. The number of carbonyl (C=O) groups is 1. The van der Waals surface area contributed by atoms with E-state index in [2.05, 4.69) is 11.5 Å². The quantitative estimate of drug-likeness (QED) is 0.945. The molecule has 2 aromatic rings. The molecule has 0 saturated heterocycles. The third-order valence-electron chi connectivity index (χ3n) is 3.72. The minimum absolute atomic E-state index is 0.0198. The maximum atomic E-state index is 11.9. The molecule has 2 aromatic carbocycles. The van der Waals surface area contributed by atoms with Crippen molar-refractivity contribution < 1.29 is 9.53 Å². The Balaban J connectivity index is 1.93. The van der Waals surface area contributed by atoms with Crippen molar-refractivity contribution in [1.82, 2.24) is 10.4 Å². The van der Waals surface area contributed by atoms with Gasteiger partial charge in [0, 0.05) is 6.92 Å². The summed E-state index contributed by atoms with van der Waals surface area (Å²) in [4.78, 5) is 11.9. The van der Waals surface area contributed by atoms with Gasteiger partial charge in [-0.15, -0.1) is 0 Å². The maximum Gasteiger partial charge on any atom is 0.238 e. The van der Waals surface area contributed by atoms with Crippen LogP contribution in [-0.4, -0.2) is 18.0 Å². The molecule has 1 atom stereocenters. The highest BCUT2D eigenvalue weighted by atomic mass is 16.5. The van der Waals surface area contributed by atoms with Crippen molar-refractivity contribution in [1.29, 1.82) is 0 Å². The second-order valence-corrected chi connectivity index (χ2v) is 5.17. The molecule has 1 aliphatic rings. The van der Waals surface area contributed by atoms with Crippen LogP contribution in [0.5, 0.6) is 5.75 Å². The van der Waals surface area contributed by atoms with Gasteiger partial charge in [-0.3, -0.25) is 10.2 Å². The Labute approximate surface area is 130 Å². The van der Waals surface area contributed by atoms with E-state index >= 15 is 0 Å². The van der Waals surface area contributed by atoms with Gasteiger partial charge < -0.3 is 4.74 Å². The van der Waals surface area contributed by atoms with Gasteiger partial charge in [-0.25, -0.2) is 5.01 Å². The predicted octanol–water partition coefficient (Wildman–Crippen LogP) is 3.14. The summed E-state index contributed by atoms with van der Waals surface area (Å²) in [6.45, 7) is 1.56. The molecule has 1 unspecified atom stereocenters. The summed E-state index contributed by atoms with van der Waals surface area (Å²) in [5, 5.41) is 1.65. The van der Waals surface area contributed by atoms with E-state index in [4.69, 9.17) is 4.74 Å². The summed E-state index contributed by atoms with van der Waals surface area (Å²) >= 11 is 0. The normalized spacial score (nSPS) is 16.9. The van der Waals surface area contributed by atoms with Crippen LogP contribution in [0.25, 0.3) is 5.70 Å². The Morgan fingerprint density at radius 2 is 1.77 bits per heavy atom. The Hall–Kier alpha value is -2.75. The number of amides is 1. The van der Waals surface area contributed by atoms with Crippen molar-refractivity contribution in [2.24, 2.45) is 0 Å². The fourth-order valence-corrected chi connectivity index (χ4v) is 2.57. The number of hydrazine groups is 1. The maximum absolute atomic E-state index is 11.9. The number of methoxy groups -OCH3 is 1.